The number of piperidine rings is 1. The molecule has 0 radical (unpaired) electrons. The van der Waals surface area contributed by atoms with E-state index in [1.807, 2.05) is 54.6 Å². The van der Waals surface area contributed by atoms with Gasteiger partial charge in [0.1, 0.15) is 18.3 Å². The largest absolute Gasteiger partial charge is 0.446 e. The van der Waals surface area contributed by atoms with Gasteiger partial charge in [0.15, 0.2) is 8.32 Å². The number of amides is 2. The minimum absolute atomic E-state index is 0.0118. The summed E-state index contributed by atoms with van der Waals surface area (Å²) in [6.07, 6.45) is 3.48. The summed E-state index contributed by atoms with van der Waals surface area (Å²) in [6, 6.07) is 29.1. The molecule has 3 fully saturated rings. The summed E-state index contributed by atoms with van der Waals surface area (Å²) in [5.74, 6) is -0.0118. The Balaban J connectivity index is 0.945. The zero-order valence-electron chi connectivity index (χ0n) is 30.7. The van der Waals surface area contributed by atoms with Crippen LogP contribution in [0.1, 0.15) is 57.6 Å². The van der Waals surface area contributed by atoms with Crippen LogP contribution in [0.5, 0.6) is 0 Å². The molecule has 7 rings (SSSR count). The van der Waals surface area contributed by atoms with Crippen LogP contribution in [0.2, 0.25) is 18.1 Å². The van der Waals surface area contributed by atoms with Crippen molar-refractivity contribution in [2.75, 3.05) is 17.7 Å². The first-order valence-corrected chi connectivity index (χ1v) is 21.3. The Kier molecular flexibility index (Phi) is 9.84. The monoisotopic (exact) mass is 705 g/mol. The summed E-state index contributed by atoms with van der Waals surface area (Å²) in [4.78, 5) is 28.5. The summed E-state index contributed by atoms with van der Waals surface area (Å²) in [5.41, 5.74) is 5.71. The molecule has 3 saturated heterocycles. The van der Waals surface area contributed by atoms with E-state index >= 15 is 0 Å². The maximum absolute atomic E-state index is 13.1. The van der Waals surface area contributed by atoms with E-state index in [1.54, 1.807) is 0 Å². The Labute approximate surface area is 303 Å². The lowest BCUT2D eigenvalue weighted by Gasteiger charge is -2.37. The second kappa shape index (κ2) is 14.2. The number of carbonyl (C=O) groups excluding carboxylic acids is 2. The molecule has 0 aromatic heterocycles. The molecular formula is C42H51N3O5Si. The van der Waals surface area contributed by atoms with Gasteiger partial charge in [0.05, 0.1) is 12.3 Å². The molecule has 4 aromatic carbocycles. The third-order valence-electron chi connectivity index (χ3n) is 11.6. The number of ether oxygens (including phenoxy) is 2. The molecule has 9 heteroatoms. The topological polar surface area (TPSA) is 92.4 Å². The van der Waals surface area contributed by atoms with E-state index in [2.05, 4.69) is 86.8 Å². The maximum atomic E-state index is 13.1. The lowest BCUT2D eigenvalue weighted by atomic mass is 9.98. The molecule has 0 aliphatic carbocycles. The van der Waals surface area contributed by atoms with Crippen molar-refractivity contribution in [1.29, 1.82) is 0 Å². The Morgan fingerprint density at radius 2 is 1.65 bits per heavy atom. The highest BCUT2D eigenvalue weighted by molar-refractivity contribution is 6.74. The normalized spacial score (nSPS) is 22.7. The highest BCUT2D eigenvalue weighted by atomic mass is 28.4. The van der Waals surface area contributed by atoms with Crippen LogP contribution >= 0.6 is 0 Å². The number of nitrogens with zero attached hydrogens (tertiary/aromatic N) is 1. The van der Waals surface area contributed by atoms with E-state index in [0.717, 1.165) is 52.4 Å². The molecule has 5 atom stereocenters. The number of rotatable bonds is 11. The number of carbonyl (C=O) groups is 2. The molecule has 0 spiro atoms. The first kappa shape index (κ1) is 35.4. The molecule has 51 heavy (non-hydrogen) atoms. The number of nitrogens with one attached hydrogen (secondary N) is 2. The van der Waals surface area contributed by atoms with Gasteiger partial charge in [-0.1, -0.05) is 81.4 Å². The molecular weight excluding hydrogens is 655 g/mol. The van der Waals surface area contributed by atoms with Crippen LogP contribution in [0.15, 0.2) is 84.9 Å². The second-order valence-corrected chi connectivity index (χ2v) is 20.8. The molecule has 3 aliphatic rings. The predicted octanol–water partition coefficient (Wildman–Crippen LogP) is 9.15. The zero-order chi connectivity index (χ0) is 35.9. The van der Waals surface area contributed by atoms with Crippen molar-refractivity contribution in [3.63, 3.8) is 0 Å². The molecule has 3 aliphatic heterocycles. The number of hydrogen-bond acceptors (Lipinski definition) is 6. The van der Waals surface area contributed by atoms with Crippen LogP contribution in [0, 0.1) is 0 Å². The van der Waals surface area contributed by atoms with E-state index in [-0.39, 0.29) is 17.0 Å². The fourth-order valence-corrected chi connectivity index (χ4v) is 8.45. The van der Waals surface area contributed by atoms with Crippen molar-refractivity contribution in [2.45, 2.75) is 108 Å². The average Bonchev–Trinajstić information content (AvgIpc) is 3.86. The molecule has 268 valence electrons. The number of fused-ring (bicyclic) bond motifs is 6. The summed E-state index contributed by atoms with van der Waals surface area (Å²) in [5, 5.41) is 8.51. The molecule has 2 bridgehead atoms. The molecule has 4 aromatic rings. The Morgan fingerprint density at radius 3 is 2.37 bits per heavy atom. The van der Waals surface area contributed by atoms with Gasteiger partial charge in [0.2, 0.25) is 5.91 Å². The van der Waals surface area contributed by atoms with Gasteiger partial charge in [-0.15, -0.1) is 0 Å². The Bertz CT molecular complexity index is 1890. The first-order chi connectivity index (χ1) is 24.4. The van der Waals surface area contributed by atoms with Gasteiger partial charge in [-0.05, 0) is 89.7 Å². The first-order valence-electron chi connectivity index (χ1n) is 18.4. The SMILES string of the molecule is CN1[C@@H]2C[C@@H](OC(=O)Nc3ccc(CCCC(=O)Nc4ccc5c(CO[Si](C)(C)C(C)(C)C)cccc5c4)cc3-c3ccccc3)C[C@H]1[C@@H]1O[C@@H]12. The van der Waals surface area contributed by atoms with E-state index in [1.165, 1.54) is 5.56 Å². The Hall–Kier alpha value is -4.02. The van der Waals surface area contributed by atoms with Crippen LogP contribution in [0.4, 0.5) is 16.2 Å². The van der Waals surface area contributed by atoms with Crippen molar-refractivity contribution in [3.8, 4) is 11.1 Å². The van der Waals surface area contributed by atoms with Crippen LogP contribution in [0.3, 0.4) is 0 Å². The lowest BCUT2D eigenvalue weighted by molar-refractivity contribution is -0.116. The van der Waals surface area contributed by atoms with Crippen molar-refractivity contribution in [1.82, 2.24) is 4.90 Å². The van der Waals surface area contributed by atoms with Crippen molar-refractivity contribution in [3.05, 3.63) is 96.1 Å². The molecule has 3 heterocycles. The summed E-state index contributed by atoms with van der Waals surface area (Å²) in [7, 11) is 0.276. The average molecular weight is 706 g/mol. The van der Waals surface area contributed by atoms with E-state index in [0.29, 0.717) is 49.4 Å². The van der Waals surface area contributed by atoms with Gasteiger partial charge in [0, 0.05) is 42.6 Å². The molecule has 8 nitrogen and oxygen atoms in total. The zero-order valence-corrected chi connectivity index (χ0v) is 31.7. The quantitative estimate of drug-likeness (QED) is 0.120. The van der Waals surface area contributed by atoms with E-state index in [9.17, 15) is 9.59 Å². The summed E-state index contributed by atoms with van der Waals surface area (Å²) < 4.78 is 18.2. The fourth-order valence-electron chi connectivity index (χ4n) is 7.51. The Morgan fingerprint density at radius 1 is 0.902 bits per heavy atom. The number of likely N-dealkylation sites (N-methyl/N-ethyl adjacent to an activating group) is 1. The molecule has 2 N–H and O–H groups in total. The van der Waals surface area contributed by atoms with E-state index in [4.69, 9.17) is 13.9 Å². The van der Waals surface area contributed by atoms with Gasteiger partial charge < -0.3 is 19.2 Å². The fraction of sp³-hybridized carbons (Fsp3) is 0.429. The third kappa shape index (κ3) is 7.77. The molecule has 2 amide bonds. The number of epoxide rings is 1. The van der Waals surface area contributed by atoms with Crippen LogP contribution in [0.25, 0.3) is 21.9 Å². The highest BCUT2D eigenvalue weighted by Crippen LogP contribution is 2.48. The standard InChI is InChI=1S/C42H51N3O5Si/c1-42(2,3)51(5,6)48-26-30-16-11-15-29-23-31(19-20-33(29)30)43-38(46)17-10-12-27-18-21-35(34(22-27)28-13-8-7-9-14-28)44-41(47)49-32-24-36-39-40(50-39)37(25-32)45(36)4/h7-9,11,13-16,18-23,32,36-37,39-40H,10,12,17,24-26H2,1-6H3,(H,43,46)(H,44,47)/t32-,36-,37+,39-,40+. The van der Waals surface area contributed by atoms with Gasteiger partial charge in [-0.3, -0.25) is 15.0 Å². The summed E-state index contributed by atoms with van der Waals surface area (Å²) >= 11 is 0. The number of benzene rings is 4. The van der Waals surface area contributed by atoms with Crippen molar-refractivity contribution < 1.29 is 23.5 Å². The van der Waals surface area contributed by atoms with Crippen LogP contribution < -0.4 is 10.6 Å². The maximum Gasteiger partial charge on any atom is 0.411 e. The molecule has 0 unspecified atom stereocenters. The van der Waals surface area contributed by atoms with Gasteiger partial charge >= 0.3 is 6.09 Å². The predicted molar refractivity (Wildman–Crippen MR) is 207 cm³/mol. The third-order valence-corrected chi connectivity index (χ3v) is 16.1. The summed E-state index contributed by atoms with van der Waals surface area (Å²) in [6.45, 7) is 11.9. The van der Waals surface area contributed by atoms with Crippen molar-refractivity contribution in [2.24, 2.45) is 0 Å². The van der Waals surface area contributed by atoms with Crippen LogP contribution in [-0.4, -0.2) is 62.7 Å². The minimum atomic E-state index is -1.87. The number of aryl methyl sites for hydroxylation is 1. The molecule has 0 saturated carbocycles. The lowest BCUT2D eigenvalue weighted by Crippen LogP contribution is -2.48. The van der Waals surface area contributed by atoms with E-state index < -0.39 is 14.4 Å². The number of morpholine rings is 1. The highest BCUT2D eigenvalue weighted by Gasteiger charge is 2.62. The smallest absolute Gasteiger partial charge is 0.411 e. The van der Waals surface area contributed by atoms with Gasteiger partial charge in [-0.25, -0.2) is 4.79 Å². The van der Waals surface area contributed by atoms with Gasteiger partial charge in [-0.2, -0.15) is 0 Å². The van der Waals surface area contributed by atoms with Crippen LogP contribution in [-0.2, 0) is 31.7 Å². The minimum Gasteiger partial charge on any atom is -0.446 e. The number of hydrogen-bond donors (Lipinski definition) is 2. The van der Waals surface area contributed by atoms with Gasteiger partial charge in [0.25, 0.3) is 0 Å². The number of anilines is 2. The van der Waals surface area contributed by atoms with Crippen molar-refractivity contribution >= 4 is 42.5 Å². The second-order valence-electron chi connectivity index (χ2n) is 16.0.